The minimum Gasteiger partial charge on any atom is -0.324 e. The Bertz CT molecular complexity index is 680. The maximum absolute atomic E-state index is 13.4. The average Bonchev–Trinajstić information content (AvgIpc) is 2.43. The first kappa shape index (κ1) is 14.0. The molecular formula is C15H15FN2O2. The highest BCUT2D eigenvalue weighted by Gasteiger charge is 2.08. The van der Waals surface area contributed by atoms with Gasteiger partial charge in [0.1, 0.15) is 5.82 Å². The van der Waals surface area contributed by atoms with E-state index in [0.29, 0.717) is 17.8 Å². The number of hydrogen-bond acceptors (Lipinski definition) is 2. The van der Waals surface area contributed by atoms with E-state index in [-0.39, 0.29) is 17.9 Å². The van der Waals surface area contributed by atoms with Gasteiger partial charge in [-0.2, -0.15) is 0 Å². The molecule has 1 aromatic heterocycles. The molecule has 1 amide bonds. The summed E-state index contributed by atoms with van der Waals surface area (Å²) in [6.07, 6.45) is 1.53. The van der Waals surface area contributed by atoms with Gasteiger partial charge >= 0.3 is 0 Å². The maximum Gasteiger partial charge on any atom is 0.250 e. The van der Waals surface area contributed by atoms with Crippen molar-refractivity contribution in [1.82, 2.24) is 4.57 Å². The third kappa shape index (κ3) is 3.32. The van der Waals surface area contributed by atoms with Gasteiger partial charge in [-0.15, -0.1) is 0 Å². The smallest absolute Gasteiger partial charge is 0.250 e. The van der Waals surface area contributed by atoms with Crippen molar-refractivity contribution < 1.29 is 9.18 Å². The Morgan fingerprint density at radius 3 is 2.70 bits per heavy atom. The number of hydrogen-bond donors (Lipinski definition) is 1. The van der Waals surface area contributed by atoms with Crippen LogP contribution in [0.1, 0.15) is 12.5 Å². The zero-order valence-electron chi connectivity index (χ0n) is 11.1. The fourth-order valence-electron chi connectivity index (χ4n) is 1.87. The van der Waals surface area contributed by atoms with Crippen LogP contribution >= 0.6 is 0 Å². The molecule has 4 nitrogen and oxygen atoms in total. The monoisotopic (exact) mass is 274 g/mol. The van der Waals surface area contributed by atoms with Gasteiger partial charge in [0.2, 0.25) is 5.91 Å². The number of carbonyl (C=O) groups excluding carboxylic acids is 1. The van der Waals surface area contributed by atoms with Crippen LogP contribution < -0.4 is 10.9 Å². The summed E-state index contributed by atoms with van der Waals surface area (Å²) in [7, 11) is 0. The van der Waals surface area contributed by atoms with E-state index in [1.165, 1.54) is 22.8 Å². The molecule has 1 N–H and O–H groups in total. The van der Waals surface area contributed by atoms with E-state index in [2.05, 4.69) is 5.32 Å². The summed E-state index contributed by atoms with van der Waals surface area (Å²) in [5, 5.41) is 2.65. The number of halogens is 1. The number of aryl methyl sites for hydroxylation is 1. The summed E-state index contributed by atoms with van der Waals surface area (Å²) in [5.41, 5.74) is 0.737. The second kappa shape index (κ2) is 6.14. The fourth-order valence-corrected chi connectivity index (χ4v) is 1.87. The lowest BCUT2D eigenvalue weighted by Gasteiger charge is -2.08. The van der Waals surface area contributed by atoms with Crippen molar-refractivity contribution in [3.8, 4) is 0 Å². The molecule has 0 spiro atoms. The molecule has 0 saturated carbocycles. The zero-order valence-corrected chi connectivity index (χ0v) is 11.1. The van der Waals surface area contributed by atoms with Gasteiger partial charge in [0.05, 0.1) is 12.1 Å². The molecule has 0 aliphatic rings. The van der Waals surface area contributed by atoms with Crippen LogP contribution in [0.3, 0.4) is 0 Å². The number of benzene rings is 1. The molecule has 2 rings (SSSR count). The molecular weight excluding hydrogens is 259 g/mol. The van der Waals surface area contributed by atoms with E-state index in [1.54, 1.807) is 24.4 Å². The van der Waals surface area contributed by atoms with E-state index >= 15 is 0 Å². The van der Waals surface area contributed by atoms with Crippen LogP contribution in [0, 0.1) is 5.82 Å². The molecule has 0 bridgehead atoms. The highest BCUT2D eigenvalue weighted by molar-refractivity contribution is 5.92. The SMILES string of the molecule is CCn1cc(NC(=O)Cc2ccccc2F)ccc1=O. The molecule has 0 fully saturated rings. The van der Waals surface area contributed by atoms with Crippen LogP contribution in [0.5, 0.6) is 0 Å². The van der Waals surface area contributed by atoms with E-state index in [9.17, 15) is 14.0 Å². The summed E-state index contributed by atoms with van der Waals surface area (Å²) in [6, 6.07) is 9.08. The highest BCUT2D eigenvalue weighted by atomic mass is 19.1. The Labute approximate surface area is 115 Å². The summed E-state index contributed by atoms with van der Waals surface area (Å²) in [6.45, 7) is 2.36. The number of carbonyl (C=O) groups is 1. The van der Waals surface area contributed by atoms with Crippen molar-refractivity contribution in [2.75, 3.05) is 5.32 Å². The van der Waals surface area contributed by atoms with Gasteiger partial charge in [-0.1, -0.05) is 18.2 Å². The van der Waals surface area contributed by atoms with Crippen LogP contribution in [0.2, 0.25) is 0 Å². The van der Waals surface area contributed by atoms with Crippen LogP contribution in [-0.2, 0) is 17.8 Å². The lowest BCUT2D eigenvalue weighted by Crippen LogP contribution is -2.20. The predicted octanol–water partition coefficient (Wildman–Crippen LogP) is 2.19. The second-order valence-electron chi connectivity index (χ2n) is 4.36. The van der Waals surface area contributed by atoms with Gasteiger partial charge in [-0.25, -0.2) is 4.39 Å². The van der Waals surface area contributed by atoms with Crippen LogP contribution in [-0.4, -0.2) is 10.5 Å². The van der Waals surface area contributed by atoms with E-state index in [4.69, 9.17) is 0 Å². The van der Waals surface area contributed by atoms with Crippen molar-refractivity contribution in [2.24, 2.45) is 0 Å². The molecule has 5 heteroatoms. The first-order valence-corrected chi connectivity index (χ1v) is 6.34. The van der Waals surface area contributed by atoms with Gasteiger partial charge in [0.15, 0.2) is 0 Å². The quantitative estimate of drug-likeness (QED) is 0.929. The number of pyridine rings is 1. The largest absolute Gasteiger partial charge is 0.324 e. The van der Waals surface area contributed by atoms with Crippen LogP contribution in [0.15, 0.2) is 47.4 Å². The molecule has 104 valence electrons. The molecule has 20 heavy (non-hydrogen) atoms. The molecule has 1 heterocycles. The Hall–Kier alpha value is -2.43. The number of amides is 1. The number of aromatic nitrogens is 1. The Morgan fingerprint density at radius 2 is 2.00 bits per heavy atom. The second-order valence-corrected chi connectivity index (χ2v) is 4.36. The van der Waals surface area contributed by atoms with Gasteiger partial charge in [-0.3, -0.25) is 9.59 Å². The summed E-state index contributed by atoms with van der Waals surface area (Å²) in [5.74, 6) is -0.724. The molecule has 0 unspecified atom stereocenters. The maximum atomic E-state index is 13.4. The van der Waals surface area contributed by atoms with E-state index in [1.807, 2.05) is 6.92 Å². The predicted molar refractivity (Wildman–Crippen MR) is 75.1 cm³/mol. The Kier molecular flexibility index (Phi) is 4.30. The minimum absolute atomic E-state index is 0.0437. The fraction of sp³-hybridized carbons (Fsp3) is 0.200. The summed E-state index contributed by atoms with van der Waals surface area (Å²) in [4.78, 5) is 23.3. The van der Waals surface area contributed by atoms with Gasteiger partial charge in [0.25, 0.3) is 5.56 Å². The van der Waals surface area contributed by atoms with Gasteiger partial charge < -0.3 is 9.88 Å². The topological polar surface area (TPSA) is 51.1 Å². The van der Waals surface area contributed by atoms with E-state index < -0.39 is 5.82 Å². The third-order valence-corrected chi connectivity index (χ3v) is 2.92. The van der Waals surface area contributed by atoms with Crippen molar-refractivity contribution in [3.63, 3.8) is 0 Å². The van der Waals surface area contributed by atoms with Gasteiger partial charge in [-0.05, 0) is 24.6 Å². The number of nitrogens with zero attached hydrogens (tertiary/aromatic N) is 1. The number of anilines is 1. The minimum atomic E-state index is -0.402. The first-order valence-electron chi connectivity index (χ1n) is 6.34. The lowest BCUT2D eigenvalue weighted by atomic mass is 10.1. The molecule has 0 radical (unpaired) electrons. The summed E-state index contributed by atoms with van der Waals surface area (Å²) >= 11 is 0. The zero-order chi connectivity index (χ0) is 14.5. The number of nitrogens with one attached hydrogen (secondary N) is 1. The normalized spacial score (nSPS) is 10.3. The van der Waals surface area contributed by atoms with E-state index in [0.717, 1.165) is 0 Å². The standard InChI is InChI=1S/C15H15FN2O2/c1-2-18-10-12(7-8-15(18)20)17-14(19)9-11-5-3-4-6-13(11)16/h3-8,10H,2,9H2,1H3,(H,17,19). The average molecular weight is 274 g/mol. The van der Waals surface area contributed by atoms with Gasteiger partial charge in [0, 0.05) is 18.8 Å². The van der Waals surface area contributed by atoms with Crippen molar-refractivity contribution in [2.45, 2.75) is 19.9 Å². The van der Waals surface area contributed by atoms with Crippen molar-refractivity contribution in [3.05, 3.63) is 64.3 Å². The molecule has 0 atom stereocenters. The third-order valence-electron chi connectivity index (χ3n) is 2.92. The van der Waals surface area contributed by atoms with Crippen molar-refractivity contribution >= 4 is 11.6 Å². The highest BCUT2D eigenvalue weighted by Crippen LogP contribution is 2.09. The van der Waals surface area contributed by atoms with Crippen molar-refractivity contribution in [1.29, 1.82) is 0 Å². The Morgan fingerprint density at radius 1 is 1.25 bits per heavy atom. The molecule has 0 saturated heterocycles. The summed E-state index contributed by atoms with van der Waals surface area (Å²) < 4.78 is 14.9. The molecule has 0 aliphatic heterocycles. The van der Waals surface area contributed by atoms with Crippen LogP contribution in [0.25, 0.3) is 0 Å². The van der Waals surface area contributed by atoms with Crippen LogP contribution in [0.4, 0.5) is 10.1 Å². The number of rotatable bonds is 4. The molecule has 2 aromatic rings. The lowest BCUT2D eigenvalue weighted by molar-refractivity contribution is -0.115. The Balaban J connectivity index is 2.09. The molecule has 1 aromatic carbocycles. The first-order chi connectivity index (χ1) is 9.60. The molecule has 0 aliphatic carbocycles.